The van der Waals surface area contributed by atoms with E-state index in [9.17, 15) is 19.2 Å². The van der Waals surface area contributed by atoms with E-state index in [4.69, 9.17) is 14.2 Å². The van der Waals surface area contributed by atoms with Crippen LogP contribution in [0.15, 0.2) is 34.8 Å². The van der Waals surface area contributed by atoms with Crippen LogP contribution in [0.3, 0.4) is 0 Å². The van der Waals surface area contributed by atoms with E-state index in [-0.39, 0.29) is 146 Å². The number of ether oxygens (including phenoxy) is 3. The van der Waals surface area contributed by atoms with Crippen LogP contribution in [0.4, 0.5) is 0 Å². The molecule has 0 aromatic rings. The van der Waals surface area contributed by atoms with Gasteiger partial charge in [-0.25, -0.2) is 0 Å². The fourth-order valence-electron chi connectivity index (χ4n) is 10.5. The van der Waals surface area contributed by atoms with Crippen molar-refractivity contribution in [3.63, 3.8) is 0 Å². The summed E-state index contributed by atoms with van der Waals surface area (Å²) >= 11 is 0. The van der Waals surface area contributed by atoms with Gasteiger partial charge in [-0.15, -0.1) is 10.8 Å². The molecular formula is C36H42O7Y2-2. The Morgan fingerprint density at radius 1 is 0.733 bits per heavy atom. The van der Waals surface area contributed by atoms with E-state index in [1.165, 1.54) is 11.1 Å². The van der Waals surface area contributed by atoms with E-state index < -0.39 is 0 Å². The molecule has 7 nitrogen and oxygen atoms in total. The summed E-state index contributed by atoms with van der Waals surface area (Å²) in [6.07, 6.45) is 17.1. The number of esters is 2. The van der Waals surface area contributed by atoms with Crippen LogP contribution in [-0.2, 0) is 98.8 Å². The minimum Gasteiger partial charge on any atom is -0.431 e. The van der Waals surface area contributed by atoms with Crippen LogP contribution in [0, 0.1) is 58.2 Å². The van der Waals surface area contributed by atoms with Crippen LogP contribution in [0.2, 0.25) is 0 Å². The quantitative estimate of drug-likeness (QED) is 0.171. The summed E-state index contributed by atoms with van der Waals surface area (Å²) < 4.78 is 17.3. The third-order valence-corrected chi connectivity index (χ3v) is 13.3. The van der Waals surface area contributed by atoms with Crippen molar-refractivity contribution < 1.29 is 98.8 Å². The first kappa shape index (κ1) is 34.5. The molecule has 10 atom stereocenters. The fourth-order valence-corrected chi connectivity index (χ4v) is 10.5. The molecule has 10 unspecified atom stereocenters. The van der Waals surface area contributed by atoms with Gasteiger partial charge in [0.2, 0.25) is 0 Å². The van der Waals surface area contributed by atoms with Gasteiger partial charge in [0.1, 0.15) is 17.6 Å². The molecule has 0 N–H and O–H groups in total. The average Bonchev–Trinajstić information content (AvgIpc) is 3.55. The van der Waals surface area contributed by atoms with Crippen LogP contribution in [0.1, 0.15) is 91.9 Å². The Kier molecular flexibility index (Phi) is 8.93. The van der Waals surface area contributed by atoms with Crippen LogP contribution in [-0.4, -0.2) is 35.7 Å². The van der Waals surface area contributed by atoms with E-state index in [2.05, 4.69) is 40.5 Å². The average molecular weight is 765 g/mol. The number of rotatable bonds is 0. The molecule has 6 fully saturated rings. The monoisotopic (exact) mass is 764 g/mol. The molecule has 9 rings (SSSR count). The zero-order valence-corrected chi connectivity index (χ0v) is 32.5. The van der Waals surface area contributed by atoms with Crippen molar-refractivity contribution in [2.24, 2.45) is 45.3 Å². The van der Waals surface area contributed by atoms with Crippen molar-refractivity contribution in [3.8, 4) is 0 Å². The molecule has 45 heavy (non-hydrogen) atoms. The first-order valence-electron chi connectivity index (χ1n) is 16.4. The Bertz CT molecular complexity index is 1460. The summed E-state index contributed by atoms with van der Waals surface area (Å²) in [7, 11) is 0. The summed E-state index contributed by atoms with van der Waals surface area (Å²) in [5.41, 5.74) is 2.35. The molecule has 0 amide bonds. The van der Waals surface area contributed by atoms with Crippen LogP contribution in [0.25, 0.3) is 0 Å². The molecule has 6 aliphatic carbocycles. The minimum absolute atomic E-state index is 0. The molecule has 3 saturated heterocycles. The van der Waals surface area contributed by atoms with Gasteiger partial charge in [0.15, 0.2) is 11.6 Å². The number of carbonyl (C=O) groups is 4. The Labute approximate surface area is 316 Å². The van der Waals surface area contributed by atoms with Crippen LogP contribution in [0.5, 0.6) is 0 Å². The Balaban J connectivity index is 0.000000152. The number of Topliss-reactive ketones (excluding diaryl/α,β-unsaturated/α-hetero) is 1. The minimum atomic E-state index is -0.326. The van der Waals surface area contributed by atoms with Crippen LogP contribution < -0.4 is 0 Å². The maximum absolute atomic E-state index is 12.6. The molecule has 0 bridgehead atoms. The van der Waals surface area contributed by atoms with Crippen molar-refractivity contribution in [1.82, 2.24) is 0 Å². The number of ketones is 2. The number of carbonyl (C=O) groups excluding carboxylic acids is 4. The predicted molar refractivity (Wildman–Crippen MR) is 155 cm³/mol. The Morgan fingerprint density at radius 2 is 1.29 bits per heavy atom. The van der Waals surface area contributed by atoms with Crippen molar-refractivity contribution in [2.45, 2.75) is 104 Å². The largest absolute Gasteiger partial charge is 0.431 e. The maximum atomic E-state index is 12.6. The number of fused-ring (bicyclic) bond motifs is 10. The molecule has 9 heteroatoms. The van der Waals surface area contributed by atoms with Gasteiger partial charge >= 0.3 is 11.9 Å². The van der Waals surface area contributed by atoms with Crippen molar-refractivity contribution in [2.75, 3.05) is 0 Å². The second-order valence-corrected chi connectivity index (χ2v) is 15.5. The molecule has 3 saturated carbocycles. The second-order valence-electron chi connectivity index (χ2n) is 15.5. The number of allylic oxidation sites excluding steroid dienone is 6. The Hall–Kier alpha value is -0.332. The maximum Gasteiger partial charge on any atom is 0.315 e. The standard InChI is InChI=1S/C18H21O4.C18H21O3.2Y/c1-17-6-3-4-9(17)13-10(5-7-17)18(2)11(16(20)22-13)8-12(19)14-15(18)21-14;1-17-7-3-4-12(17)15-13(6-8-17)18(2)9-5-11(19)10-14(18)16(20)21-15;;/h6,10-11,14-15H,3-5,7-8H2,1-2H3;5,7,9,13-14H,3-4,6,8,10H2,1-2H3;;/q2*-1;;. The third-order valence-electron chi connectivity index (χ3n) is 13.3. The van der Waals surface area contributed by atoms with Gasteiger partial charge in [0.05, 0.1) is 17.9 Å². The summed E-state index contributed by atoms with van der Waals surface area (Å²) in [6, 6.07) is 0. The summed E-state index contributed by atoms with van der Waals surface area (Å²) in [6.45, 7) is 8.82. The van der Waals surface area contributed by atoms with E-state index in [0.29, 0.717) is 12.8 Å². The molecular weight excluding hydrogens is 722 g/mol. The predicted octanol–water partition coefficient (Wildman–Crippen LogP) is 5.93. The van der Waals surface area contributed by atoms with Gasteiger partial charge < -0.3 is 27.1 Å². The molecule has 0 aromatic carbocycles. The summed E-state index contributed by atoms with van der Waals surface area (Å²) in [5, 5.41) is 0. The Morgan fingerprint density at radius 3 is 1.91 bits per heavy atom. The van der Waals surface area contributed by atoms with Gasteiger partial charge in [-0.05, 0) is 18.9 Å². The first-order valence-corrected chi connectivity index (χ1v) is 16.4. The molecule has 236 valence electrons. The van der Waals surface area contributed by atoms with Crippen molar-refractivity contribution in [3.05, 3.63) is 47.7 Å². The molecule has 9 aliphatic rings. The molecule has 0 aromatic heterocycles. The molecule has 3 aliphatic heterocycles. The van der Waals surface area contributed by atoms with Gasteiger partial charge in [0.25, 0.3) is 0 Å². The van der Waals surface area contributed by atoms with Crippen molar-refractivity contribution >= 4 is 23.5 Å². The summed E-state index contributed by atoms with van der Waals surface area (Å²) in [5.74, 6) is 1.41. The van der Waals surface area contributed by atoms with E-state index >= 15 is 0 Å². The van der Waals surface area contributed by atoms with E-state index in [1.54, 1.807) is 6.08 Å². The van der Waals surface area contributed by atoms with Gasteiger partial charge in [-0.3, -0.25) is 19.2 Å². The number of epoxide rings is 1. The van der Waals surface area contributed by atoms with Gasteiger partial charge in [0, 0.05) is 101 Å². The van der Waals surface area contributed by atoms with Crippen molar-refractivity contribution in [1.29, 1.82) is 0 Å². The first-order chi connectivity index (χ1) is 20.4. The number of hydrogen-bond donors (Lipinski definition) is 0. The zero-order valence-electron chi connectivity index (χ0n) is 26.9. The third kappa shape index (κ3) is 4.96. The van der Waals surface area contributed by atoms with Crippen LogP contribution >= 0.6 is 0 Å². The topological polar surface area (TPSA) is 99.3 Å². The second kappa shape index (κ2) is 11.6. The summed E-state index contributed by atoms with van der Waals surface area (Å²) in [4.78, 5) is 48.8. The normalized spacial score (nSPS) is 46.7. The van der Waals surface area contributed by atoms with Gasteiger partial charge in [-0.1, -0.05) is 70.6 Å². The zero-order chi connectivity index (χ0) is 30.1. The smallest absolute Gasteiger partial charge is 0.315 e. The number of hydrogen-bond acceptors (Lipinski definition) is 7. The molecule has 3 heterocycles. The van der Waals surface area contributed by atoms with Gasteiger partial charge in [-0.2, -0.15) is 12.8 Å². The van der Waals surface area contributed by atoms with E-state index in [0.717, 1.165) is 62.9 Å². The fraction of sp³-hybridized carbons (Fsp3) is 0.667. The van der Waals surface area contributed by atoms with E-state index in [1.807, 2.05) is 6.08 Å². The molecule has 0 spiro atoms. The SMILES string of the molecule is CC12[CH-]CCC1=C1OC(=O)C3CC(=O)C4OC4C3(C)C1CC2.CC12[CH-]CCC1=C1OC(=O)C3CC(=O)C=CC3(C)C1CC2.[Y].[Y]. The molecule has 2 radical (unpaired) electrons.